The molecule has 1 unspecified atom stereocenters. The van der Waals surface area contributed by atoms with Crippen LogP contribution in [0, 0.1) is 5.92 Å². The number of methoxy groups -OCH3 is 1. The fourth-order valence-electron chi connectivity index (χ4n) is 1.19. The molecule has 0 fully saturated rings. The van der Waals surface area contributed by atoms with Gasteiger partial charge < -0.3 is 9.84 Å². The van der Waals surface area contributed by atoms with Crippen LogP contribution in [0.5, 0.6) is 0 Å². The van der Waals surface area contributed by atoms with Crippen molar-refractivity contribution in [2.24, 2.45) is 5.92 Å². The molecule has 8 nitrogen and oxygen atoms in total. The molecule has 0 amide bonds. The SMILES string of the molecule is COC(=O)CCN(C)S(=O)(=O)NC(C(=O)O)C(C)C. The Balaban J connectivity index is 4.68. The molecule has 0 radical (unpaired) electrons. The number of carbonyl (C=O) groups excluding carboxylic acids is 1. The maximum atomic E-state index is 11.9. The summed E-state index contributed by atoms with van der Waals surface area (Å²) in [5.74, 6) is -2.19. The molecule has 2 N–H and O–H groups in total. The molecule has 0 aromatic carbocycles. The van der Waals surface area contributed by atoms with E-state index >= 15 is 0 Å². The maximum Gasteiger partial charge on any atom is 0.322 e. The topological polar surface area (TPSA) is 113 Å². The second-order valence-corrected chi connectivity index (χ2v) is 6.14. The number of aliphatic carboxylic acids is 1. The first kappa shape index (κ1) is 17.8. The molecule has 0 saturated heterocycles. The van der Waals surface area contributed by atoms with E-state index in [1.165, 1.54) is 14.2 Å². The van der Waals surface area contributed by atoms with Gasteiger partial charge in [-0.1, -0.05) is 13.8 Å². The van der Waals surface area contributed by atoms with Crippen LogP contribution in [0.2, 0.25) is 0 Å². The number of rotatable bonds is 8. The Labute approximate surface area is 112 Å². The van der Waals surface area contributed by atoms with Crippen LogP contribution in [0.4, 0.5) is 0 Å². The van der Waals surface area contributed by atoms with Crippen LogP contribution < -0.4 is 4.72 Å². The van der Waals surface area contributed by atoms with Gasteiger partial charge in [0.2, 0.25) is 0 Å². The Hall–Kier alpha value is -1.19. The molecule has 0 spiro atoms. The Morgan fingerprint density at radius 2 is 1.89 bits per heavy atom. The Kier molecular flexibility index (Phi) is 6.95. The van der Waals surface area contributed by atoms with Gasteiger partial charge in [0.15, 0.2) is 0 Å². The quantitative estimate of drug-likeness (QED) is 0.580. The molecule has 19 heavy (non-hydrogen) atoms. The number of hydrogen-bond acceptors (Lipinski definition) is 5. The van der Waals surface area contributed by atoms with Crippen LogP contribution in [-0.4, -0.2) is 56.5 Å². The Bertz CT molecular complexity index is 420. The lowest BCUT2D eigenvalue weighted by molar-refractivity contribution is -0.141. The fraction of sp³-hybridized carbons (Fsp3) is 0.800. The third-order valence-electron chi connectivity index (χ3n) is 2.48. The van der Waals surface area contributed by atoms with E-state index in [1.54, 1.807) is 13.8 Å². The van der Waals surface area contributed by atoms with Crippen LogP contribution >= 0.6 is 0 Å². The van der Waals surface area contributed by atoms with Crippen LogP contribution in [0.3, 0.4) is 0 Å². The minimum atomic E-state index is -3.96. The molecule has 112 valence electrons. The van der Waals surface area contributed by atoms with E-state index < -0.39 is 34.1 Å². The first-order chi connectivity index (χ1) is 8.61. The number of carboxylic acid groups (broad SMARTS) is 1. The van der Waals surface area contributed by atoms with Gasteiger partial charge in [0.05, 0.1) is 13.5 Å². The van der Waals surface area contributed by atoms with E-state index in [-0.39, 0.29) is 13.0 Å². The molecule has 1 atom stereocenters. The van der Waals surface area contributed by atoms with Crippen molar-refractivity contribution in [1.82, 2.24) is 9.03 Å². The molecule has 9 heteroatoms. The highest BCUT2D eigenvalue weighted by Gasteiger charge is 2.29. The van der Waals surface area contributed by atoms with Crippen molar-refractivity contribution >= 4 is 22.1 Å². The first-order valence-electron chi connectivity index (χ1n) is 5.65. The van der Waals surface area contributed by atoms with E-state index in [9.17, 15) is 18.0 Å². The van der Waals surface area contributed by atoms with Crippen molar-refractivity contribution in [2.75, 3.05) is 20.7 Å². The van der Waals surface area contributed by atoms with E-state index in [1.807, 2.05) is 0 Å². The summed E-state index contributed by atoms with van der Waals surface area (Å²) in [6, 6.07) is -1.22. The number of hydrogen-bond donors (Lipinski definition) is 2. The van der Waals surface area contributed by atoms with Gasteiger partial charge in [-0.15, -0.1) is 0 Å². The number of carbonyl (C=O) groups is 2. The fourth-order valence-corrected chi connectivity index (χ4v) is 2.40. The van der Waals surface area contributed by atoms with Crippen molar-refractivity contribution in [3.05, 3.63) is 0 Å². The summed E-state index contributed by atoms with van der Waals surface area (Å²) >= 11 is 0. The summed E-state index contributed by atoms with van der Waals surface area (Å²) in [5, 5.41) is 8.93. The minimum Gasteiger partial charge on any atom is -0.480 e. The lowest BCUT2D eigenvalue weighted by Crippen LogP contribution is -2.49. The second-order valence-electron chi connectivity index (χ2n) is 4.33. The number of nitrogens with one attached hydrogen (secondary N) is 1. The minimum absolute atomic E-state index is 0.0908. The van der Waals surface area contributed by atoms with Gasteiger partial charge >= 0.3 is 11.9 Å². The van der Waals surface area contributed by atoms with Crippen molar-refractivity contribution in [3.8, 4) is 0 Å². The molecule has 0 aliphatic rings. The number of nitrogens with zero attached hydrogens (tertiary/aromatic N) is 1. The Morgan fingerprint density at radius 1 is 1.37 bits per heavy atom. The van der Waals surface area contributed by atoms with Crippen molar-refractivity contribution < 1.29 is 27.9 Å². The molecule has 0 heterocycles. The molecular formula is C10H20N2O6S. The molecule has 0 bridgehead atoms. The summed E-state index contributed by atoms with van der Waals surface area (Å²) in [4.78, 5) is 21.9. The van der Waals surface area contributed by atoms with Gasteiger partial charge in [-0.3, -0.25) is 9.59 Å². The monoisotopic (exact) mass is 296 g/mol. The van der Waals surface area contributed by atoms with Crippen LogP contribution in [0.1, 0.15) is 20.3 Å². The summed E-state index contributed by atoms with van der Waals surface area (Å²) in [6.07, 6.45) is -0.104. The molecule has 0 saturated carbocycles. The zero-order chi connectivity index (χ0) is 15.2. The van der Waals surface area contributed by atoms with E-state index in [0.717, 1.165) is 4.31 Å². The average molecular weight is 296 g/mol. The largest absolute Gasteiger partial charge is 0.480 e. The number of ether oxygens (including phenoxy) is 1. The van der Waals surface area contributed by atoms with Gasteiger partial charge in [0.25, 0.3) is 10.2 Å². The summed E-state index contributed by atoms with van der Waals surface area (Å²) in [7, 11) is -1.50. The lowest BCUT2D eigenvalue weighted by atomic mass is 10.1. The van der Waals surface area contributed by atoms with Gasteiger partial charge in [0.1, 0.15) is 6.04 Å². The zero-order valence-electron chi connectivity index (χ0n) is 11.4. The third kappa shape index (κ3) is 5.99. The summed E-state index contributed by atoms with van der Waals surface area (Å²) in [6.45, 7) is 3.10. The highest BCUT2D eigenvalue weighted by Crippen LogP contribution is 2.06. The molecular weight excluding hydrogens is 276 g/mol. The van der Waals surface area contributed by atoms with Gasteiger partial charge in [-0.05, 0) is 5.92 Å². The predicted octanol–water partition coefficient (Wildman–Crippen LogP) is -0.575. The van der Waals surface area contributed by atoms with Crippen molar-refractivity contribution in [3.63, 3.8) is 0 Å². The number of esters is 1. The van der Waals surface area contributed by atoms with Crippen LogP contribution in [-0.2, 0) is 24.5 Å². The van der Waals surface area contributed by atoms with Crippen molar-refractivity contribution in [2.45, 2.75) is 26.3 Å². The summed E-state index contributed by atoms with van der Waals surface area (Å²) in [5.41, 5.74) is 0. The first-order valence-corrected chi connectivity index (χ1v) is 7.09. The van der Waals surface area contributed by atoms with Gasteiger partial charge in [0, 0.05) is 13.6 Å². The zero-order valence-corrected chi connectivity index (χ0v) is 12.2. The standard InChI is InChI=1S/C10H20N2O6S/c1-7(2)9(10(14)15)11-19(16,17)12(3)6-5-8(13)18-4/h7,9,11H,5-6H2,1-4H3,(H,14,15). The normalized spacial score (nSPS) is 13.6. The van der Waals surface area contributed by atoms with E-state index in [2.05, 4.69) is 9.46 Å². The third-order valence-corrected chi connectivity index (χ3v) is 4.03. The molecule has 0 aliphatic carbocycles. The van der Waals surface area contributed by atoms with Crippen LogP contribution in [0.15, 0.2) is 0 Å². The van der Waals surface area contributed by atoms with Gasteiger partial charge in [-0.25, -0.2) is 0 Å². The lowest BCUT2D eigenvalue weighted by Gasteiger charge is -2.22. The van der Waals surface area contributed by atoms with Crippen molar-refractivity contribution in [1.29, 1.82) is 0 Å². The van der Waals surface area contributed by atoms with E-state index in [4.69, 9.17) is 5.11 Å². The maximum absolute atomic E-state index is 11.9. The molecule has 0 rings (SSSR count). The average Bonchev–Trinajstić information content (AvgIpc) is 2.31. The van der Waals surface area contributed by atoms with Crippen LogP contribution in [0.25, 0.3) is 0 Å². The highest BCUT2D eigenvalue weighted by molar-refractivity contribution is 7.87. The molecule has 0 aromatic rings. The summed E-state index contributed by atoms with van der Waals surface area (Å²) < 4.78 is 31.1. The predicted molar refractivity (Wildman–Crippen MR) is 67.6 cm³/mol. The second kappa shape index (κ2) is 7.41. The number of carboxylic acids is 1. The van der Waals surface area contributed by atoms with E-state index in [0.29, 0.717) is 0 Å². The molecule has 0 aliphatic heterocycles. The van der Waals surface area contributed by atoms with Gasteiger partial charge in [-0.2, -0.15) is 17.4 Å². The smallest absolute Gasteiger partial charge is 0.322 e. The highest BCUT2D eigenvalue weighted by atomic mass is 32.2. The molecule has 0 aromatic heterocycles. The Morgan fingerprint density at radius 3 is 2.26 bits per heavy atom.